The fraction of sp³-hybridized carbons (Fsp3) is 0.571. The van der Waals surface area contributed by atoms with Crippen molar-refractivity contribution in [3.8, 4) is 0 Å². The molecule has 170 valence electrons. The standard InChI is InChI=1S/C21H29N3O7/c1-14(2)6-4-7-15(3)22-19(25)13-30-20(26)8-5-11-23-17-10-9-16(24(28)29)12-18(17)31-21(23)27/h9-10,12,14-15H,4-8,11,13H2,1-3H3,(H,22,25). The molecule has 10 heteroatoms. The van der Waals surface area contributed by atoms with Crippen LogP contribution in [-0.2, 0) is 20.9 Å². The Morgan fingerprint density at radius 1 is 1.23 bits per heavy atom. The number of nitrogens with zero attached hydrogens (tertiary/aromatic N) is 2. The maximum Gasteiger partial charge on any atom is 0.419 e. The maximum absolute atomic E-state index is 12.0. The van der Waals surface area contributed by atoms with E-state index in [-0.39, 0.29) is 49.2 Å². The van der Waals surface area contributed by atoms with E-state index in [0.29, 0.717) is 11.4 Å². The molecule has 0 saturated heterocycles. The van der Waals surface area contributed by atoms with Crippen molar-refractivity contribution in [3.05, 3.63) is 38.9 Å². The lowest BCUT2D eigenvalue weighted by Crippen LogP contribution is -2.35. The molecule has 0 spiro atoms. The number of aryl methyl sites for hydroxylation is 1. The van der Waals surface area contributed by atoms with Crippen molar-refractivity contribution >= 4 is 28.7 Å². The number of amides is 1. The van der Waals surface area contributed by atoms with Gasteiger partial charge in [0.2, 0.25) is 0 Å². The SMILES string of the molecule is CC(C)CCCC(C)NC(=O)COC(=O)CCCn1c(=O)oc2cc([N+](=O)[O-])ccc21. The van der Waals surface area contributed by atoms with Crippen molar-refractivity contribution in [2.24, 2.45) is 5.92 Å². The molecule has 1 aromatic carbocycles. The van der Waals surface area contributed by atoms with Crippen LogP contribution < -0.4 is 11.1 Å². The number of nitro groups is 1. The summed E-state index contributed by atoms with van der Waals surface area (Å²) in [4.78, 5) is 46.0. The van der Waals surface area contributed by atoms with Crippen molar-refractivity contribution in [1.29, 1.82) is 0 Å². The molecule has 10 nitrogen and oxygen atoms in total. The third kappa shape index (κ3) is 7.54. The number of non-ortho nitro benzene ring substituents is 1. The summed E-state index contributed by atoms with van der Waals surface area (Å²) in [5.41, 5.74) is 0.347. The molecule has 1 unspecified atom stereocenters. The predicted molar refractivity (Wildman–Crippen MR) is 114 cm³/mol. The largest absolute Gasteiger partial charge is 0.456 e. The van der Waals surface area contributed by atoms with Crippen molar-refractivity contribution in [2.75, 3.05) is 6.61 Å². The number of hydrogen-bond acceptors (Lipinski definition) is 7. The Bertz CT molecular complexity index is 977. The summed E-state index contributed by atoms with van der Waals surface area (Å²) >= 11 is 0. The number of hydrogen-bond donors (Lipinski definition) is 1. The highest BCUT2D eigenvalue weighted by molar-refractivity contribution is 5.80. The van der Waals surface area contributed by atoms with Crippen LogP contribution in [0, 0.1) is 16.0 Å². The van der Waals surface area contributed by atoms with Gasteiger partial charge in [0.25, 0.3) is 11.6 Å². The Balaban J connectivity index is 1.74. The lowest BCUT2D eigenvalue weighted by molar-refractivity contribution is -0.384. The third-order valence-corrected chi connectivity index (χ3v) is 4.82. The average Bonchev–Trinajstić information content (AvgIpc) is 3.00. The van der Waals surface area contributed by atoms with E-state index in [1.54, 1.807) is 0 Å². The molecule has 1 atom stereocenters. The van der Waals surface area contributed by atoms with E-state index in [4.69, 9.17) is 9.15 Å². The van der Waals surface area contributed by atoms with Crippen molar-refractivity contribution in [1.82, 2.24) is 9.88 Å². The van der Waals surface area contributed by atoms with E-state index >= 15 is 0 Å². The van der Waals surface area contributed by atoms with Crippen LogP contribution in [0.25, 0.3) is 11.1 Å². The number of fused-ring (bicyclic) bond motifs is 1. The van der Waals surface area contributed by atoms with E-state index in [1.165, 1.54) is 22.8 Å². The summed E-state index contributed by atoms with van der Waals surface area (Å²) in [6.45, 7) is 6.06. The summed E-state index contributed by atoms with van der Waals surface area (Å²) in [6.07, 6.45) is 3.30. The van der Waals surface area contributed by atoms with Gasteiger partial charge in [0.15, 0.2) is 12.2 Å². The number of esters is 1. The highest BCUT2D eigenvalue weighted by atomic mass is 16.6. The van der Waals surface area contributed by atoms with Gasteiger partial charge in [-0.2, -0.15) is 0 Å². The second-order valence-corrected chi connectivity index (χ2v) is 7.99. The van der Waals surface area contributed by atoms with Gasteiger partial charge < -0.3 is 14.5 Å². The molecule has 0 aliphatic carbocycles. The Morgan fingerprint density at radius 3 is 2.65 bits per heavy atom. The van der Waals surface area contributed by atoms with Gasteiger partial charge in [-0.1, -0.05) is 26.7 Å². The number of nitro benzene ring substituents is 1. The van der Waals surface area contributed by atoms with Crippen LogP contribution >= 0.6 is 0 Å². The van der Waals surface area contributed by atoms with Crippen LogP contribution in [-0.4, -0.2) is 34.0 Å². The molecule has 0 radical (unpaired) electrons. The first-order valence-electron chi connectivity index (χ1n) is 10.4. The van der Waals surface area contributed by atoms with Crippen LogP contribution in [0.3, 0.4) is 0 Å². The van der Waals surface area contributed by atoms with Gasteiger partial charge in [0, 0.05) is 25.1 Å². The summed E-state index contributed by atoms with van der Waals surface area (Å²) in [5.74, 6) is -0.920. The molecule has 0 bridgehead atoms. The van der Waals surface area contributed by atoms with Gasteiger partial charge in [-0.15, -0.1) is 0 Å². The number of rotatable bonds is 12. The molecule has 0 fully saturated rings. The first-order valence-corrected chi connectivity index (χ1v) is 10.4. The number of aromatic nitrogens is 1. The Labute approximate surface area is 179 Å². The van der Waals surface area contributed by atoms with Crippen molar-refractivity contribution < 1.29 is 23.7 Å². The zero-order valence-corrected chi connectivity index (χ0v) is 18.1. The number of carbonyl (C=O) groups is 2. The number of ether oxygens (including phenoxy) is 1. The minimum absolute atomic E-state index is 0.0158. The van der Waals surface area contributed by atoms with Gasteiger partial charge in [-0.3, -0.25) is 24.3 Å². The van der Waals surface area contributed by atoms with Crippen LogP contribution in [0.2, 0.25) is 0 Å². The zero-order chi connectivity index (χ0) is 23.0. The quantitative estimate of drug-likeness (QED) is 0.307. The van der Waals surface area contributed by atoms with Crippen LogP contribution in [0.1, 0.15) is 52.9 Å². The minimum atomic E-state index is -0.658. The highest BCUT2D eigenvalue weighted by Crippen LogP contribution is 2.20. The fourth-order valence-electron chi connectivity index (χ4n) is 3.20. The van der Waals surface area contributed by atoms with Gasteiger partial charge >= 0.3 is 11.7 Å². The first kappa shape index (κ1) is 24.1. The van der Waals surface area contributed by atoms with E-state index in [0.717, 1.165) is 19.3 Å². The molecule has 2 rings (SSSR count). The second kappa shape index (κ2) is 11.3. The lowest BCUT2D eigenvalue weighted by Gasteiger charge is -2.14. The number of carbonyl (C=O) groups excluding carboxylic acids is 2. The molecule has 1 heterocycles. The molecule has 1 N–H and O–H groups in total. The maximum atomic E-state index is 12.0. The summed E-state index contributed by atoms with van der Waals surface area (Å²) < 4.78 is 11.3. The first-order chi connectivity index (χ1) is 14.7. The fourth-order valence-corrected chi connectivity index (χ4v) is 3.20. The Hall–Kier alpha value is -3.17. The van der Waals surface area contributed by atoms with E-state index in [9.17, 15) is 24.5 Å². The lowest BCUT2D eigenvalue weighted by atomic mass is 10.0. The monoisotopic (exact) mass is 435 g/mol. The number of benzene rings is 1. The summed E-state index contributed by atoms with van der Waals surface area (Å²) in [7, 11) is 0. The van der Waals surface area contributed by atoms with Gasteiger partial charge in [-0.25, -0.2) is 4.79 Å². The van der Waals surface area contributed by atoms with E-state index in [2.05, 4.69) is 19.2 Å². The molecule has 1 aromatic heterocycles. The van der Waals surface area contributed by atoms with Crippen LogP contribution in [0.5, 0.6) is 0 Å². The topological polar surface area (TPSA) is 134 Å². The van der Waals surface area contributed by atoms with E-state index in [1.807, 2.05) is 6.92 Å². The molecule has 0 aliphatic rings. The molecule has 2 aromatic rings. The second-order valence-electron chi connectivity index (χ2n) is 7.99. The summed E-state index contributed by atoms with van der Waals surface area (Å²) in [6, 6.07) is 3.92. The summed E-state index contributed by atoms with van der Waals surface area (Å²) in [5, 5.41) is 13.6. The van der Waals surface area contributed by atoms with Crippen LogP contribution in [0.15, 0.2) is 27.4 Å². The number of oxazole rings is 1. The van der Waals surface area contributed by atoms with Crippen molar-refractivity contribution in [3.63, 3.8) is 0 Å². The molecule has 1 amide bonds. The zero-order valence-electron chi connectivity index (χ0n) is 18.1. The average molecular weight is 435 g/mol. The Kier molecular flexibility index (Phi) is 8.77. The molecular formula is C21H29N3O7. The van der Waals surface area contributed by atoms with E-state index < -0.39 is 16.6 Å². The number of nitrogens with one attached hydrogen (secondary N) is 1. The third-order valence-electron chi connectivity index (χ3n) is 4.82. The highest BCUT2D eigenvalue weighted by Gasteiger charge is 2.15. The van der Waals surface area contributed by atoms with Crippen LogP contribution in [0.4, 0.5) is 5.69 Å². The minimum Gasteiger partial charge on any atom is -0.456 e. The smallest absolute Gasteiger partial charge is 0.419 e. The van der Waals surface area contributed by atoms with Gasteiger partial charge in [0.05, 0.1) is 16.5 Å². The molecule has 0 saturated carbocycles. The van der Waals surface area contributed by atoms with Crippen molar-refractivity contribution in [2.45, 2.75) is 65.5 Å². The normalized spacial score (nSPS) is 12.1. The predicted octanol–water partition coefficient (Wildman–Crippen LogP) is 3.16. The molecule has 31 heavy (non-hydrogen) atoms. The Morgan fingerprint density at radius 2 is 1.97 bits per heavy atom. The molecule has 0 aliphatic heterocycles. The van der Waals surface area contributed by atoms with Gasteiger partial charge in [0.1, 0.15) is 0 Å². The molecular weight excluding hydrogens is 406 g/mol. The van der Waals surface area contributed by atoms with Gasteiger partial charge in [-0.05, 0) is 31.7 Å².